The van der Waals surface area contributed by atoms with Crippen molar-refractivity contribution in [3.63, 3.8) is 0 Å². The minimum absolute atomic E-state index is 0.313. The molecule has 0 radical (unpaired) electrons. The summed E-state index contributed by atoms with van der Waals surface area (Å²) in [7, 11) is 0. The minimum atomic E-state index is 0.313. The summed E-state index contributed by atoms with van der Waals surface area (Å²) in [6.45, 7) is 7.28. The van der Waals surface area contributed by atoms with Crippen molar-refractivity contribution in [3.8, 4) is 0 Å². The molecule has 0 aromatic heterocycles. The number of rotatable bonds is 3. The standard InChI is InChI=1S/C18H23NOSe/c1-17(2)13-9-10-18(17,3)16-15(13)19-14(20-16)11-21-12-7-5-4-6-8-12/h4-8,13,15-16H,9-11H2,1-3H3/t13-,15-,16-,18+/m1/s1. The monoisotopic (exact) mass is 349 g/mol. The third-order valence-corrected chi connectivity index (χ3v) is 8.48. The quantitative estimate of drug-likeness (QED) is 0.770. The molecule has 0 saturated heterocycles. The second kappa shape index (κ2) is 4.60. The fourth-order valence-electron chi connectivity index (χ4n) is 4.69. The van der Waals surface area contributed by atoms with Crippen LogP contribution >= 0.6 is 0 Å². The summed E-state index contributed by atoms with van der Waals surface area (Å²) in [5.74, 6) is 1.75. The molecule has 2 saturated carbocycles. The van der Waals surface area contributed by atoms with Gasteiger partial charge in [0.15, 0.2) is 0 Å². The van der Waals surface area contributed by atoms with Crippen molar-refractivity contribution in [1.29, 1.82) is 0 Å². The van der Waals surface area contributed by atoms with Crippen LogP contribution in [0, 0.1) is 16.7 Å². The molecule has 2 bridgehead atoms. The molecule has 2 aliphatic carbocycles. The molecule has 1 aromatic rings. The number of benzene rings is 1. The predicted molar refractivity (Wildman–Crippen MR) is 87.3 cm³/mol. The van der Waals surface area contributed by atoms with Crippen molar-refractivity contribution in [3.05, 3.63) is 30.3 Å². The van der Waals surface area contributed by atoms with Gasteiger partial charge in [-0.2, -0.15) is 0 Å². The zero-order valence-corrected chi connectivity index (χ0v) is 14.7. The Morgan fingerprint density at radius 1 is 1.24 bits per heavy atom. The molecule has 2 nitrogen and oxygen atoms in total. The maximum absolute atomic E-state index is 6.35. The normalized spacial score (nSPS) is 39.0. The average molecular weight is 348 g/mol. The van der Waals surface area contributed by atoms with Gasteiger partial charge in [-0.15, -0.1) is 0 Å². The van der Waals surface area contributed by atoms with Crippen molar-refractivity contribution in [1.82, 2.24) is 0 Å². The molecule has 0 N–H and O–H groups in total. The summed E-state index contributed by atoms with van der Waals surface area (Å²) in [4.78, 5) is 5.00. The van der Waals surface area contributed by atoms with Crippen LogP contribution < -0.4 is 4.46 Å². The van der Waals surface area contributed by atoms with Gasteiger partial charge >= 0.3 is 133 Å². The molecule has 0 unspecified atom stereocenters. The van der Waals surface area contributed by atoms with E-state index in [1.54, 1.807) is 0 Å². The van der Waals surface area contributed by atoms with Gasteiger partial charge in [0.1, 0.15) is 0 Å². The number of ether oxygens (including phenoxy) is 1. The second-order valence-electron chi connectivity index (χ2n) is 7.44. The summed E-state index contributed by atoms with van der Waals surface area (Å²) in [5, 5.41) is 1.01. The van der Waals surface area contributed by atoms with Crippen LogP contribution in [0.3, 0.4) is 0 Å². The number of hydrogen-bond donors (Lipinski definition) is 0. The second-order valence-corrected chi connectivity index (χ2v) is 9.64. The van der Waals surface area contributed by atoms with Crippen molar-refractivity contribution < 1.29 is 4.74 Å². The van der Waals surface area contributed by atoms with Crippen LogP contribution in [-0.4, -0.2) is 33.0 Å². The Morgan fingerprint density at radius 2 is 2.00 bits per heavy atom. The number of fused-ring (bicyclic) bond motifs is 5. The van der Waals surface area contributed by atoms with Gasteiger partial charge in [-0.1, -0.05) is 0 Å². The molecule has 4 rings (SSSR count). The zero-order chi connectivity index (χ0) is 14.7. The molecule has 1 aliphatic heterocycles. The topological polar surface area (TPSA) is 21.6 Å². The van der Waals surface area contributed by atoms with E-state index in [2.05, 4.69) is 51.1 Å². The molecule has 1 heterocycles. The number of aliphatic imine (C=N–C) groups is 1. The van der Waals surface area contributed by atoms with E-state index in [0.717, 1.165) is 11.2 Å². The summed E-state index contributed by atoms with van der Waals surface area (Å²) in [5.41, 5.74) is 0.690. The summed E-state index contributed by atoms with van der Waals surface area (Å²) in [6, 6.07) is 11.2. The van der Waals surface area contributed by atoms with E-state index in [1.807, 2.05) is 0 Å². The van der Waals surface area contributed by atoms with E-state index in [0.29, 0.717) is 43.9 Å². The van der Waals surface area contributed by atoms with Crippen LogP contribution in [0.1, 0.15) is 33.6 Å². The molecule has 3 heteroatoms. The maximum atomic E-state index is 6.35. The van der Waals surface area contributed by atoms with Crippen LogP contribution in [0.15, 0.2) is 35.3 Å². The van der Waals surface area contributed by atoms with Gasteiger partial charge in [-0.3, -0.25) is 0 Å². The fraction of sp³-hybridized carbons (Fsp3) is 0.611. The van der Waals surface area contributed by atoms with Crippen molar-refractivity contribution in [2.45, 2.75) is 51.1 Å². The Hall–Kier alpha value is -0.791. The molecule has 3 aliphatic rings. The third kappa shape index (κ3) is 1.87. The number of nitrogens with zero attached hydrogens (tertiary/aromatic N) is 1. The van der Waals surface area contributed by atoms with E-state index in [4.69, 9.17) is 9.73 Å². The van der Waals surface area contributed by atoms with Crippen LogP contribution in [0.2, 0.25) is 5.32 Å². The Balaban J connectivity index is 1.49. The van der Waals surface area contributed by atoms with Gasteiger partial charge in [-0.25, -0.2) is 0 Å². The molecule has 21 heavy (non-hydrogen) atoms. The first kappa shape index (κ1) is 13.8. The molecule has 2 fully saturated rings. The van der Waals surface area contributed by atoms with Gasteiger partial charge < -0.3 is 0 Å². The predicted octanol–water partition coefficient (Wildman–Crippen LogP) is 3.06. The van der Waals surface area contributed by atoms with Crippen LogP contribution in [0.4, 0.5) is 0 Å². The van der Waals surface area contributed by atoms with Crippen LogP contribution in [0.25, 0.3) is 0 Å². The summed E-state index contributed by atoms with van der Waals surface area (Å²) in [6.07, 6.45) is 2.97. The first-order valence-electron chi connectivity index (χ1n) is 7.93. The van der Waals surface area contributed by atoms with Crippen molar-refractivity contribution >= 4 is 25.3 Å². The van der Waals surface area contributed by atoms with Crippen molar-refractivity contribution in [2.75, 3.05) is 0 Å². The molecule has 0 spiro atoms. The molecular weight excluding hydrogens is 325 g/mol. The Morgan fingerprint density at radius 3 is 2.71 bits per heavy atom. The van der Waals surface area contributed by atoms with E-state index < -0.39 is 0 Å². The SMILES string of the molecule is CC1(C)[C@@H]2CC[C@@]1(C)[C@@H]1OC(C[Se]c3ccccc3)=N[C@H]21. The zero-order valence-electron chi connectivity index (χ0n) is 13.0. The Kier molecular flexibility index (Phi) is 3.03. The Labute approximate surface area is 133 Å². The summed E-state index contributed by atoms with van der Waals surface area (Å²) >= 11 is 0.439. The van der Waals surface area contributed by atoms with Gasteiger partial charge in [0.2, 0.25) is 0 Å². The molecule has 1 aromatic carbocycles. The number of hydrogen-bond acceptors (Lipinski definition) is 2. The van der Waals surface area contributed by atoms with E-state index in [-0.39, 0.29) is 0 Å². The molecular formula is C18H23NOSe. The van der Waals surface area contributed by atoms with E-state index in [9.17, 15) is 0 Å². The van der Waals surface area contributed by atoms with Crippen molar-refractivity contribution in [2.24, 2.45) is 21.7 Å². The Bertz CT molecular complexity index is 582. The average Bonchev–Trinajstić information content (AvgIpc) is 3.04. The van der Waals surface area contributed by atoms with Gasteiger partial charge in [-0.05, 0) is 0 Å². The third-order valence-electron chi connectivity index (χ3n) is 6.39. The van der Waals surface area contributed by atoms with Gasteiger partial charge in [0.25, 0.3) is 0 Å². The van der Waals surface area contributed by atoms with Crippen LogP contribution in [-0.2, 0) is 4.74 Å². The van der Waals surface area contributed by atoms with Gasteiger partial charge in [0, 0.05) is 0 Å². The molecule has 112 valence electrons. The fourth-order valence-corrected chi connectivity index (χ4v) is 6.33. The van der Waals surface area contributed by atoms with E-state index in [1.165, 1.54) is 17.3 Å². The molecule has 0 amide bonds. The van der Waals surface area contributed by atoms with E-state index >= 15 is 0 Å². The summed E-state index contributed by atoms with van der Waals surface area (Å²) < 4.78 is 7.78. The first-order chi connectivity index (χ1) is 10.0. The van der Waals surface area contributed by atoms with Gasteiger partial charge in [0.05, 0.1) is 0 Å². The first-order valence-corrected chi connectivity index (χ1v) is 10.0. The molecule has 4 atom stereocenters. The van der Waals surface area contributed by atoms with Crippen LogP contribution in [0.5, 0.6) is 0 Å².